The van der Waals surface area contributed by atoms with Crippen LogP contribution in [0.3, 0.4) is 0 Å². The van der Waals surface area contributed by atoms with Gasteiger partial charge in [-0.05, 0) is 36.8 Å². The van der Waals surface area contributed by atoms with E-state index in [2.05, 4.69) is 31.8 Å². The molecule has 0 aromatic carbocycles. The summed E-state index contributed by atoms with van der Waals surface area (Å²) in [5.41, 5.74) is 2.53. The van der Waals surface area contributed by atoms with Gasteiger partial charge in [-0.25, -0.2) is 0 Å². The number of hydrogen-bond donors (Lipinski definition) is 0. The Bertz CT molecular complexity index is 342. The fourth-order valence-corrected chi connectivity index (χ4v) is 1.73. The first-order valence-corrected chi connectivity index (χ1v) is 5.86. The SMILES string of the molecule is CCc1ncc(OC2CC2)cc1C(C)C. The van der Waals surface area contributed by atoms with Crippen molar-refractivity contribution in [2.24, 2.45) is 0 Å². The van der Waals surface area contributed by atoms with Crippen LogP contribution >= 0.6 is 0 Å². The second-order valence-electron chi connectivity index (χ2n) is 4.53. The van der Waals surface area contributed by atoms with Crippen molar-refractivity contribution in [2.45, 2.75) is 52.1 Å². The summed E-state index contributed by atoms with van der Waals surface area (Å²) >= 11 is 0. The fourth-order valence-electron chi connectivity index (χ4n) is 1.73. The zero-order chi connectivity index (χ0) is 10.8. The lowest BCUT2D eigenvalue weighted by molar-refractivity contribution is 0.301. The van der Waals surface area contributed by atoms with Crippen molar-refractivity contribution in [3.8, 4) is 5.75 Å². The summed E-state index contributed by atoms with van der Waals surface area (Å²) in [7, 11) is 0. The summed E-state index contributed by atoms with van der Waals surface area (Å²) in [5.74, 6) is 1.47. The van der Waals surface area contributed by atoms with Gasteiger partial charge in [0.05, 0.1) is 12.3 Å². The highest BCUT2D eigenvalue weighted by molar-refractivity contribution is 5.32. The van der Waals surface area contributed by atoms with Gasteiger partial charge in [0.15, 0.2) is 0 Å². The molecule has 82 valence electrons. The van der Waals surface area contributed by atoms with Gasteiger partial charge >= 0.3 is 0 Å². The third-order valence-corrected chi connectivity index (χ3v) is 2.76. The molecule has 0 spiro atoms. The highest BCUT2D eigenvalue weighted by Crippen LogP contribution is 2.29. The fraction of sp³-hybridized carbons (Fsp3) is 0.615. The topological polar surface area (TPSA) is 22.1 Å². The van der Waals surface area contributed by atoms with Crippen LogP contribution in [0.5, 0.6) is 5.75 Å². The molecule has 0 unspecified atom stereocenters. The van der Waals surface area contributed by atoms with E-state index in [1.165, 1.54) is 24.1 Å². The van der Waals surface area contributed by atoms with E-state index >= 15 is 0 Å². The molecule has 1 aliphatic carbocycles. The Hall–Kier alpha value is -1.05. The predicted octanol–water partition coefficient (Wildman–Crippen LogP) is 3.31. The van der Waals surface area contributed by atoms with E-state index in [1.807, 2.05) is 6.20 Å². The molecule has 1 saturated carbocycles. The smallest absolute Gasteiger partial charge is 0.138 e. The number of nitrogens with zero attached hydrogens (tertiary/aromatic N) is 1. The van der Waals surface area contributed by atoms with Gasteiger partial charge in [0.2, 0.25) is 0 Å². The van der Waals surface area contributed by atoms with Crippen LogP contribution in [-0.2, 0) is 6.42 Å². The third-order valence-electron chi connectivity index (χ3n) is 2.76. The van der Waals surface area contributed by atoms with Gasteiger partial charge in [-0.2, -0.15) is 0 Å². The number of pyridine rings is 1. The van der Waals surface area contributed by atoms with Crippen molar-refractivity contribution >= 4 is 0 Å². The molecule has 0 aliphatic heterocycles. The zero-order valence-corrected chi connectivity index (χ0v) is 9.79. The van der Waals surface area contributed by atoms with Crippen LogP contribution in [0.15, 0.2) is 12.3 Å². The van der Waals surface area contributed by atoms with Crippen LogP contribution in [0.25, 0.3) is 0 Å². The van der Waals surface area contributed by atoms with Crippen molar-refractivity contribution in [2.75, 3.05) is 0 Å². The normalized spacial score (nSPS) is 15.7. The Morgan fingerprint density at radius 1 is 1.47 bits per heavy atom. The minimum atomic E-state index is 0.458. The molecule has 0 amide bonds. The molecule has 0 atom stereocenters. The van der Waals surface area contributed by atoms with Gasteiger partial charge in [-0.1, -0.05) is 20.8 Å². The van der Waals surface area contributed by atoms with Gasteiger partial charge in [0.1, 0.15) is 5.75 Å². The Balaban J connectivity index is 2.22. The van der Waals surface area contributed by atoms with E-state index in [9.17, 15) is 0 Å². The van der Waals surface area contributed by atoms with Crippen molar-refractivity contribution in [3.05, 3.63) is 23.5 Å². The lowest BCUT2D eigenvalue weighted by Crippen LogP contribution is -2.02. The van der Waals surface area contributed by atoms with Gasteiger partial charge in [-0.15, -0.1) is 0 Å². The van der Waals surface area contributed by atoms with Crippen molar-refractivity contribution in [1.29, 1.82) is 0 Å². The lowest BCUT2D eigenvalue weighted by Gasteiger charge is -2.13. The minimum absolute atomic E-state index is 0.458. The van der Waals surface area contributed by atoms with Gasteiger partial charge in [0.25, 0.3) is 0 Å². The van der Waals surface area contributed by atoms with E-state index in [4.69, 9.17) is 4.74 Å². The monoisotopic (exact) mass is 205 g/mol. The van der Waals surface area contributed by atoms with E-state index < -0.39 is 0 Å². The molecular weight excluding hydrogens is 186 g/mol. The quantitative estimate of drug-likeness (QED) is 0.752. The van der Waals surface area contributed by atoms with Crippen LogP contribution in [0, 0.1) is 0 Å². The second-order valence-corrected chi connectivity index (χ2v) is 4.53. The molecule has 1 aromatic rings. The average Bonchev–Trinajstić information content (AvgIpc) is 3.01. The molecule has 1 aromatic heterocycles. The van der Waals surface area contributed by atoms with Crippen LogP contribution in [-0.4, -0.2) is 11.1 Å². The van der Waals surface area contributed by atoms with E-state index in [1.54, 1.807) is 0 Å². The van der Waals surface area contributed by atoms with Gasteiger partial charge < -0.3 is 4.74 Å². The van der Waals surface area contributed by atoms with Crippen LogP contribution < -0.4 is 4.74 Å². The molecule has 0 saturated heterocycles. The summed E-state index contributed by atoms with van der Waals surface area (Å²) < 4.78 is 5.75. The summed E-state index contributed by atoms with van der Waals surface area (Å²) in [6.07, 6.45) is 5.72. The summed E-state index contributed by atoms with van der Waals surface area (Å²) in [4.78, 5) is 4.47. The molecule has 1 heterocycles. The van der Waals surface area contributed by atoms with Crippen molar-refractivity contribution in [3.63, 3.8) is 0 Å². The molecule has 1 fully saturated rings. The first-order valence-electron chi connectivity index (χ1n) is 5.86. The molecule has 2 rings (SSSR count). The summed E-state index contributed by atoms with van der Waals surface area (Å²) in [5, 5.41) is 0. The molecule has 2 nitrogen and oxygen atoms in total. The highest BCUT2D eigenvalue weighted by Gasteiger charge is 2.24. The maximum atomic E-state index is 5.75. The molecule has 0 N–H and O–H groups in total. The first-order chi connectivity index (χ1) is 7.20. The van der Waals surface area contributed by atoms with Gasteiger partial charge in [-0.3, -0.25) is 4.98 Å². The van der Waals surface area contributed by atoms with Crippen molar-refractivity contribution in [1.82, 2.24) is 4.98 Å². The number of ether oxygens (including phenoxy) is 1. The molecule has 1 aliphatic rings. The van der Waals surface area contributed by atoms with E-state index in [-0.39, 0.29) is 0 Å². The van der Waals surface area contributed by atoms with Crippen LogP contribution in [0.4, 0.5) is 0 Å². The Kier molecular flexibility index (Phi) is 2.94. The van der Waals surface area contributed by atoms with Crippen LogP contribution in [0.2, 0.25) is 0 Å². The molecule has 0 radical (unpaired) electrons. The second kappa shape index (κ2) is 4.21. The Morgan fingerprint density at radius 2 is 2.20 bits per heavy atom. The molecule has 0 bridgehead atoms. The highest BCUT2D eigenvalue weighted by atomic mass is 16.5. The number of aryl methyl sites for hydroxylation is 1. The zero-order valence-electron chi connectivity index (χ0n) is 9.79. The third kappa shape index (κ3) is 2.49. The van der Waals surface area contributed by atoms with Crippen LogP contribution in [0.1, 0.15) is 50.8 Å². The number of hydrogen-bond acceptors (Lipinski definition) is 2. The molecular formula is C13H19NO. The predicted molar refractivity (Wildman–Crippen MR) is 61.4 cm³/mol. The maximum Gasteiger partial charge on any atom is 0.138 e. The maximum absolute atomic E-state index is 5.75. The summed E-state index contributed by atoms with van der Waals surface area (Å²) in [6, 6.07) is 2.16. The van der Waals surface area contributed by atoms with E-state index in [0.29, 0.717) is 12.0 Å². The average molecular weight is 205 g/mol. The van der Waals surface area contributed by atoms with Gasteiger partial charge in [0, 0.05) is 5.69 Å². The molecule has 2 heteroatoms. The standard InChI is InChI=1S/C13H19NO/c1-4-13-12(9(2)3)7-11(8-14-13)15-10-5-6-10/h7-10H,4-6H2,1-3H3. The Labute approximate surface area is 91.7 Å². The first kappa shape index (κ1) is 10.5. The minimum Gasteiger partial charge on any atom is -0.489 e. The van der Waals surface area contributed by atoms with E-state index in [0.717, 1.165) is 12.2 Å². The number of rotatable bonds is 4. The number of aromatic nitrogens is 1. The molecule has 15 heavy (non-hydrogen) atoms. The Morgan fingerprint density at radius 3 is 2.73 bits per heavy atom. The lowest BCUT2D eigenvalue weighted by atomic mass is 10.00. The summed E-state index contributed by atoms with van der Waals surface area (Å²) in [6.45, 7) is 6.56. The van der Waals surface area contributed by atoms with Crippen molar-refractivity contribution < 1.29 is 4.74 Å². The largest absolute Gasteiger partial charge is 0.489 e.